The molecule has 0 spiro atoms. The molecular formula is C12H18O2. The molecule has 0 radical (unpaired) electrons. The Morgan fingerprint density at radius 3 is 2.36 bits per heavy atom. The van der Waals surface area contributed by atoms with Crippen LogP contribution in [0.15, 0.2) is 12.7 Å². The van der Waals surface area contributed by atoms with E-state index in [0.717, 1.165) is 18.8 Å². The molecule has 0 heterocycles. The second kappa shape index (κ2) is 2.85. The van der Waals surface area contributed by atoms with Gasteiger partial charge in [0.25, 0.3) is 0 Å². The standard InChI is InChI=1S/C12H18O2/c1-4-10(13)14-12-7-5-9(6-8-12)11(12,2)3/h4,9H,1,5-8H2,2-3H3. The molecule has 0 atom stereocenters. The number of carbonyl (C=O) groups excluding carboxylic acids is 1. The van der Waals surface area contributed by atoms with Crippen molar-refractivity contribution in [2.24, 2.45) is 11.3 Å². The van der Waals surface area contributed by atoms with E-state index < -0.39 is 0 Å². The van der Waals surface area contributed by atoms with Gasteiger partial charge >= 0.3 is 5.97 Å². The highest BCUT2D eigenvalue weighted by molar-refractivity contribution is 5.81. The Morgan fingerprint density at radius 1 is 1.43 bits per heavy atom. The zero-order chi connectivity index (χ0) is 10.4. The van der Waals surface area contributed by atoms with Crippen LogP contribution in [-0.2, 0) is 9.53 Å². The minimum atomic E-state index is -0.263. The van der Waals surface area contributed by atoms with Gasteiger partial charge in [-0.1, -0.05) is 20.4 Å². The molecule has 2 nitrogen and oxygen atoms in total. The highest BCUT2D eigenvalue weighted by Gasteiger charge is 2.61. The Balaban J connectivity index is 2.23. The van der Waals surface area contributed by atoms with E-state index >= 15 is 0 Å². The smallest absolute Gasteiger partial charge is 0.330 e. The Morgan fingerprint density at radius 2 is 2.00 bits per heavy atom. The van der Waals surface area contributed by atoms with Crippen LogP contribution in [0.5, 0.6) is 0 Å². The van der Waals surface area contributed by atoms with Crippen LogP contribution >= 0.6 is 0 Å². The molecule has 0 aromatic rings. The molecule has 2 aliphatic carbocycles. The van der Waals surface area contributed by atoms with Crippen LogP contribution in [0.25, 0.3) is 0 Å². The molecule has 78 valence electrons. The van der Waals surface area contributed by atoms with E-state index in [1.807, 2.05) is 0 Å². The zero-order valence-electron chi connectivity index (χ0n) is 9.01. The van der Waals surface area contributed by atoms with E-state index in [0.29, 0.717) is 0 Å². The minimum absolute atomic E-state index is 0.158. The first-order chi connectivity index (χ1) is 6.52. The Bertz CT molecular complexity index is 270. The Kier molecular flexibility index (Phi) is 1.98. The van der Waals surface area contributed by atoms with Gasteiger partial charge in [0.1, 0.15) is 5.60 Å². The van der Waals surface area contributed by atoms with Gasteiger partial charge in [-0.2, -0.15) is 0 Å². The summed E-state index contributed by atoms with van der Waals surface area (Å²) >= 11 is 0. The second-order valence-corrected chi connectivity index (χ2v) is 5.12. The highest BCUT2D eigenvalue weighted by Crippen LogP contribution is 2.61. The number of hydrogen-bond donors (Lipinski definition) is 0. The molecule has 2 heteroatoms. The molecule has 0 aliphatic heterocycles. The molecule has 2 fully saturated rings. The predicted molar refractivity (Wildman–Crippen MR) is 54.8 cm³/mol. The summed E-state index contributed by atoms with van der Waals surface area (Å²) in [5.41, 5.74) is -0.0331. The van der Waals surface area contributed by atoms with Crippen LogP contribution in [0.3, 0.4) is 0 Å². The topological polar surface area (TPSA) is 26.3 Å². The zero-order valence-corrected chi connectivity index (χ0v) is 9.01. The monoisotopic (exact) mass is 194 g/mol. The molecule has 14 heavy (non-hydrogen) atoms. The number of ether oxygens (including phenoxy) is 1. The summed E-state index contributed by atoms with van der Waals surface area (Å²) in [5.74, 6) is 0.473. The van der Waals surface area contributed by atoms with Crippen molar-refractivity contribution < 1.29 is 9.53 Å². The van der Waals surface area contributed by atoms with Crippen molar-refractivity contribution in [1.29, 1.82) is 0 Å². The maximum Gasteiger partial charge on any atom is 0.330 e. The van der Waals surface area contributed by atoms with Crippen molar-refractivity contribution in [3.63, 3.8) is 0 Å². The summed E-state index contributed by atoms with van der Waals surface area (Å²) in [7, 11) is 0. The molecule has 0 saturated heterocycles. The molecule has 0 aromatic heterocycles. The van der Waals surface area contributed by atoms with Crippen molar-refractivity contribution in [3.05, 3.63) is 12.7 Å². The van der Waals surface area contributed by atoms with E-state index in [-0.39, 0.29) is 17.0 Å². The normalized spacial score (nSPS) is 38.3. The van der Waals surface area contributed by atoms with Gasteiger partial charge in [0.2, 0.25) is 0 Å². The van der Waals surface area contributed by atoms with E-state index in [2.05, 4.69) is 20.4 Å². The maximum absolute atomic E-state index is 11.3. The number of rotatable bonds is 2. The maximum atomic E-state index is 11.3. The molecule has 2 rings (SSSR count). The summed E-state index contributed by atoms with van der Waals surface area (Å²) in [6.07, 6.45) is 5.75. The van der Waals surface area contributed by atoms with Crippen LogP contribution in [0.2, 0.25) is 0 Å². The molecule has 0 aromatic carbocycles. The molecule has 0 N–H and O–H groups in total. The Hall–Kier alpha value is -0.790. The fourth-order valence-corrected chi connectivity index (χ4v) is 3.29. The lowest BCUT2D eigenvalue weighted by Crippen LogP contribution is -2.41. The lowest BCUT2D eigenvalue weighted by Gasteiger charge is -2.37. The number of esters is 1. The van der Waals surface area contributed by atoms with Gasteiger partial charge < -0.3 is 4.74 Å². The summed E-state index contributed by atoms with van der Waals surface area (Å²) in [6, 6.07) is 0. The van der Waals surface area contributed by atoms with E-state index in [1.165, 1.54) is 18.9 Å². The molecule has 2 saturated carbocycles. The van der Waals surface area contributed by atoms with Crippen LogP contribution in [0.4, 0.5) is 0 Å². The molecule has 0 unspecified atom stereocenters. The van der Waals surface area contributed by atoms with Gasteiger partial charge in [-0.05, 0) is 31.6 Å². The average molecular weight is 194 g/mol. The third-order valence-corrected chi connectivity index (χ3v) is 4.45. The number of hydrogen-bond acceptors (Lipinski definition) is 2. The van der Waals surface area contributed by atoms with Gasteiger partial charge in [0.15, 0.2) is 0 Å². The van der Waals surface area contributed by atoms with Gasteiger partial charge in [0, 0.05) is 11.5 Å². The van der Waals surface area contributed by atoms with Gasteiger partial charge in [-0.15, -0.1) is 0 Å². The molecule has 2 aliphatic rings. The first-order valence-corrected chi connectivity index (χ1v) is 5.37. The van der Waals surface area contributed by atoms with E-state index in [1.54, 1.807) is 0 Å². The summed E-state index contributed by atoms with van der Waals surface area (Å²) < 4.78 is 5.60. The number of fused-ring (bicyclic) bond motifs is 2. The largest absolute Gasteiger partial charge is 0.455 e. The minimum Gasteiger partial charge on any atom is -0.455 e. The fourth-order valence-electron chi connectivity index (χ4n) is 3.29. The van der Waals surface area contributed by atoms with Crippen molar-refractivity contribution in [2.45, 2.75) is 45.1 Å². The van der Waals surface area contributed by atoms with Crippen molar-refractivity contribution >= 4 is 5.97 Å². The molecular weight excluding hydrogens is 176 g/mol. The summed E-state index contributed by atoms with van der Waals surface area (Å²) in [6.45, 7) is 7.92. The van der Waals surface area contributed by atoms with Crippen LogP contribution in [0.1, 0.15) is 39.5 Å². The lowest BCUT2D eigenvalue weighted by atomic mass is 9.78. The van der Waals surface area contributed by atoms with Gasteiger partial charge in [0.05, 0.1) is 0 Å². The van der Waals surface area contributed by atoms with Crippen LogP contribution < -0.4 is 0 Å². The predicted octanol–water partition coefficient (Wildman–Crippen LogP) is 2.68. The van der Waals surface area contributed by atoms with Crippen LogP contribution in [-0.4, -0.2) is 11.6 Å². The van der Waals surface area contributed by atoms with Crippen molar-refractivity contribution in [3.8, 4) is 0 Å². The van der Waals surface area contributed by atoms with Crippen LogP contribution in [0, 0.1) is 11.3 Å². The third-order valence-electron chi connectivity index (χ3n) is 4.45. The average Bonchev–Trinajstić information content (AvgIpc) is 2.52. The van der Waals surface area contributed by atoms with Crippen molar-refractivity contribution in [2.75, 3.05) is 0 Å². The lowest BCUT2D eigenvalue weighted by molar-refractivity contribution is -0.162. The number of carbonyl (C=O) groups is 1. The van der Waals surface area contributed by atoms with E-state index in [4.69, 9.17) is 4.74 Å². The SMILES string of the molecule is C=CC(=O)OC12CCC(CC1)C2(C)C. The van der Waals surface area contributed by atoms with Gasteiger partial charge in [-0.3, -0.25) is 0 Å². The fraction of sp³-hybridized carbons (Fsp3) is 0.750. The first-order valence-electron chi connectivity index (χ1n) is 5.37. The first kappa shape index (κ1) is 9.75. The van der Waals surface area contributed by atoms with Gasteiger partial charge in [-0.25, -0.2) is 4.79 Å². The Labute approximate surface area is 85.3 Å². The summed E-state index contributed by atoms with van der Waals surface area (Å²) in [5, 5.41) is 0. The molecule has 0 amide bonds. The quantitative estimate of drug-likeness (QED) is 0.499. The third kappa shape index (κ3) is 1.06. The van der Waals surface area contributed by atoms with Crippen molar-refractivity contribution in [1.82, 2.24) is 0 Å². The second-order valence-electron chi connectivity index (χ2n) is 5.12. The highest BCUT2D eigenvalue weighted by atomic mass is 16.6. The molecule has 2 bridgehead atoms. The summed E-state index contributed by atoms with van der Waals surface area (Å²) in [4.78, 5) is 11.3. The van der Waals surface area contributed by atoms with E-state index in [9.17, 15) is 4.79 Å².